The molecular weight excluding hydrogens is 562 g/mol. The van der Waals surface area contributed by atoms with Crippen molar-refractivity contribution in [3.63, 3.8) is 0 Å². The maximum Gasteiger partial charge on any atom is 0.157 e. The highest BCUT2D eigenvalue weighted by molar-refractivity contribution is 6.10. The van der Waals surface area contributed by atoms with E-state index >= 15 is 0 Å². The minimum Gasteiger partial charge on any atom is -0.454 e. The molecule has 8 aromatic rings. The molecule has 0 bridgehead atoms. The number of nitrogens with zero attached hydrogens (tertiary/aromatic N) is 3. The molecule has 4 heterocycles. The first kappa shape index (κ1) is 28.3. The Kier molecular flexibility index (Phi) is 6.24. The van der Waals surface area contributed by atoms with Crippen LogP contribution in [0.25, 0.3) is 71.9 Å². The third-order valence-electron chi connectivity index (χ3n) is 9.22. The molecule has 4 heteroatoms. The highest BCUT2D eigenvalue weighted by Crippen LogP contribution is 2.41. The van der Waals surface area contributed by atoms with Crippen molar-refractivity contribution in [1.29, 1.82) is 0 Å². The maximum atomic E-state index is 6.41. The number of furan rings is 1. The van der Waals surface area contributed by atoms with E-state index < -0.39 is 0 Å². The van der Waals surface area contributed by atoms with Crippen molar-refractivity contribution >= 4 is 43.9 Å². The van der Waals surface area contributed by atoms with Gasteiger partial charge in [0.05, 0.1) is 11.0 Å². The van der Waals surface area contributed by atoms with Crippen LogP contribution in [-0.2, 0) is 10.8 Å². The van der Waals surface area contributed by atoms with Gasteiger partial charge >= 0.3 is 0 Å². The van der Waals surface area contributed by atoms with Crippen LogP contribution in [-0.4, -0.2) is 14.5 Å². The van der Waals surface area contributed by atoms with Gasteiger partial charge in [-0.3, -0.25) is 9.55 Å². The standard InChI is InChI=1S/C42H37N3O/c1-41(2,3)28-19-21-43-38(25-28)45-35-14-10-9-13-31(35)32-17-15-27(24-36(32)45)30-12-8-7-11-29(30)26-16-18-37-33(23-26)39-40(46-37)34(20-22-44-39)42(4,5)6/h7-25H,1-6H3. The number of pyridine rings is 2. The summed E-state index contributed by atoms with van der Waals surface area (Å²) in [5.74, 6) is 0.934. The van der Waals surface area contributed by atoms with Gasteiger partial charge in [-0.15, -0.1) is 0 Å². The lowest BCUT2D eigenvalue weighted by Crippen LogP contribution is -2.12. The fraction of sp³-hybridized carbons (Fsp3) is 0.190. The van der Waals surface area contributed by atoms with Crippen LogP contribution in [0.4, 0.5) is 0 Å². The Hall–Kier alpha value is -5.22. The number of benzene rings is 4. The molecule has 4 aromatic carbocycles. The fourth-order valence-electron chi connectivity index (χ4n) is 6.79. The fourth-order valence-corrected chi connectivity index (χ4v) is 6.79. The van der Waals surface area contributed by atoms with Gasteiger partial charge in [0.15, 0.2) is 5.58 Å². The molecule has 0 spiro atoms. The second-order valence-electron chi connectivity index (χ2n) is 14.4. The molecule has 0 fully saturated rings. The van der Waals surface area contributed by atoms with Crippen LogP contribution in [0.2, 0.25) is 0 Å². The lowest BCUT2D eigenvalue weighted by atomic mass is 9.87. The van der Waals surface area contributed by atoms with E-state index in [-0.39, 0.29) is 10.8 Å². The molecule has 0 unspecified atom stereocenters. The Labute approximate surface area is 269 Å². The first-order valence-corrected chi connectivity index (χ1v) is 16.0. The van der Waals surface area contributed by atoms with Gasteiger partial charge in [-0.05, 0) is 81.1 Å². The summed E-state index contributed by atoms with van der Waals surface area (Å²) in [5, 5.41) is 3.47. The zero-order valence-electron chi connectivity index (χ0n) is 27.2. The van der Waals surface area contributed by atoms with Crippen molar-refractivity contribution in [3.8, 4) is 28.1 Å². The number of fused-ring (bicyclic) bond motifs is 6. The largest absolute Gasteiger partial charge is 0.454 e. The molecule has 0 aliphatic heterocycles. The highest BCUT2D eigenvalue weighted by Gasteiger charge is 2.22. The van der Waals surface area contributed by atoms with E-state index in [1.165, 1.54) is 33.0 Å². The normalized spacial score (nSPS) is 12.6. The molecule has 0 saturated heterocycles. The van der Waals surface area contributed by atoms with Gasteiger partial charge in [0.1, 0.15) is 16.9 Å². The predicted molar refractivity (Wildman–Crippen MR) is 192 cm³/mol. The van der Waals surface area contributed by atoms with Crippen molar-refractivity contribution < 1.29 is 4.42 Å². The smallest absolute Gasteiger partial charge is 0.157 e. The summed E-state index contributed by atoms with van der Waals surface area (Å²) < 4.78 is 8.72. The number of aromatic nitrogens is 3. The van der Waals surface area contributed by atoms with E-state index in [9.17, 15) is 0 Å². The van der Waals surface area contributed by atoms with Gasteiger partial charge in [-0.2, -0.15) is 0 Å². The average Bonchev–Trinajstić information content (AvgIpc) is 3.59. The van der Waals surface area contributed by atoms with Gasteiger partial charge in [-0.25, -0.2) is 4.98 Å². The van der Waals surface area contributed by atoms with Gasteiger partial charge in [-0.1, -0.05) is 102 Å². The van der Waals surface area contributed by atoms with Gasteiger partial charge in [0, 0.05) is 34.1 Å². The summed E-state index contributed by atoms with van der Waals surface area (Å²) in [6.45, 7) is 13.4. The second kappa shape index (κ2) is 10.1. The Bertz CT molecular complexity index is 2450. The molecule has 46 heavy (non-hydrogen) atoms. The van der Waals surface area contributed by atoms with Crippen molar-refractivity contribution in [1.82, 2.24) is 14.5 Å². The Morgan fingerprint density at radius 1 is 0.565 bits per heavy atom. The third kappa shape index (κ3) is 4.51. The summed E-state index contributed by atoms with van der Waals surface area (Å²) in [4.78, 5) is 9.65. The minimum absolute atomic E-state index is 0.0196. The summed E-state index contributed by atoms with van der Waals surface area (Å²) in [7, 11) is 0. The van der Waals surface area contributed by atoms with Crippen molar-refractivity contribution in [2.75, 3.05) is 0 Å². The van der Waals surface area contributed by atoms with E-state index in [1.807, 2.05) is 12.4 Å². The monoisotopic (exact) mass is 599 g/mol. The molecule has 0 saturated carbocycles. The van der Waals surface area contributed by atoms with E-state index in [0.29, 0.717) is 0 Å². The first-order valence-electron chi connectivity index (χ1n) is 16.0. The summed E-state index contributed by atoms with van der Waals surface area (Å²) in [5.41, 5.74) is 12.0. The molecule has 0 atom stereocenters. The quantitative estimate of drug-likeness (QED) is 0.203. The molecule has 0 N–H and O–H groups in total. The van der Waals surface area contributed by atoms with E-state index in [1.54, 1.807) is 0 Å². The lowest BCUT2D eigenvalue weighted by Gasteiger charge is -2.20. The molecule has 8 rings (SSSR count). The molecule has 0 amide bonds. The summed E-state index contributed by atoms with van der Waals surface area (Å²) in [6, 6.07) is 37.0. The number of para-hydroxylation sites is 1. The summed E-state index contributed by atoms with van der Waals surface area (Å²) >= 11 is 0. The average molecular weight is 600 g/mol. The van der Waals surface area contributed by atoms with Crippen LogP contribution in [0.1, 0.15) is 52.7 Å². The molecule has 226 valence electrons. The number of hydrogen-bond acceptors (Lipinski definition) is 3. The lowest BCUT2D eigenvalue weighted by molar-refractivity contribution is 0.572. The zero-order chi connectivity index (χ0) is 31.8. The van der Waals surface area contributed by atoms with Crippen LogP contribution in [0.3, 0.4) is 0 Å². The molecule has 4 nitrogen and oxygen atoms in total. The van der Waals surface area contributed by atoms with Crippen LogP contribution in [0, 0.1) is 0 Å². The molecule has 0 radical (unpaired) electrons. The van der Waals surface area contributed by atoms with Crippen molar-refractivity contribution in [2.45, 2.75) is 52.4 Å². The highest BCUT2D eigenvalue weighted by atomic mass is 16.3. The van der Waals surface area contributed by atoms with Crippen molar-refractivity contribution in [3.05, 3.63) is 127 Å². The Balaban J connectivity index is 1.32. The minimum atomic E-state index is -0.0464. The Morgan fingerprint density at radius 2 is 1.24 bits per heavy atom. The third-order valence-corrected chi connectivity index (χ3v) is 9.22. The van der Waals surface area contributed by atoms with Gasteiger partial charge in [0.2, 0.25) is 0 Å². The van der Waals surface area contributed by atoms with E-state index in [4.69, 9.17) is 14.4 Å². The first-order chi connectivity index (χ1) is 22.1. The molecule has 0 aliphatic rings. The van der Waals surface area contributed by atoms with E-state index in [2.05, 4.69) is 149 Å². The van der Waals surface area contributed by atoms with Crippen LogP contribution in [0.5, 0.6) is 0 Å². The van der Waals surface area contributed by atoms with Crippen LogP contribution < -0.4 is 0 Å². The second-order valence-corrected chi connectivity index (χ2v) is 14.4. The molecule has 4 aromatic heterocycles. The zero-order valence-corrected chi connectivity index (χ0v) is 27.2. The van der Waals surface area contributed by atoms with Gasteiger partial charge < -0.3 is 4.42 Å². The SMILES string of the molecule is CC(C)(C)c1ccnc(-n2c3ccccc3c3ccc(-c4ccccc4-c4ccc5oc6c(C(C)(C)C)ccnc6c5c4)cc32)c1. The molecular formula is C42H37N3O. The number of rotatable bonds is 3. The maximum absolute atomic E-state index is 6.41. The summed E-state index contributed by atoms with van der Waals surface area (Å²) in [6.07, 6.45) is 3.84. The number of hydrogen-bond donors (Lipinski definition) is 0. The van der Waals surface area contributed by atoms with Crippen molar-refractivity contribution in [2.24, 2.45) is 0 Å². The predicted octanol–water partition coefficient (Wildman–Crippen LogP) is 11.4. The molecule has 0 aliphatic carbocycles. The van der Waals surface area contributed by atoms with Gasteiger partial charge in [0.25, 0.3) is 0 Å². The van der Waals surface area contributed by atoms with E-state index in [0.717, 1.165) is 50.0 Å². The van der Waals surface area contributed by atoms with Crippen LogP contribution in [0.15, 0.2) is 120 Å². The topological polar surface area (TPSA) is 43.9 Å². The Morgan fingerprint density at radius 3 is 2.00 bits per heavy atom. The van der Waals surface area contributed by atoms with Crippen LogP contribution >= 0.6 is 0 Å².